The fraction of sp³-hybridized carbons (Fsp3) is 0.233. The molecule has 3 aromatic carbocycles. The van der Waals surface area contributed by atoms with Crippen molar-refractivity contribution < 1.29 is 34.8 Å². The number of phenols is 1. The Hall–Kier alpha value is -5.59. The maximum Gasteiger partial charge on any atom is 0.339 e. The van der Waals surface area contributed by atoms with Crippen molar-refractivity contribution in [3.63, 3.8) is 0 Å². The average molecular weight is 804 g/mol. The van der Waals surface area contributed by atoms with E-state index in [1.807, 2.05) is 60.9 Å². The molecular formula is C43H48Cl2N4O7. The van der Waals surface area contributed by atoms with E-state index in [2.05, 4.69) is 84.4 Å². The van der Waals surface area contributed by atoms with Gasteiger partial charge in [-0.05, 0) is 126 Å². The van der Waals surface area contributed by atoms with E-state index in [-0.39, 0.29) is 11.3 Å². The molecule has 0 saturated carbocycles. The van der Waals surface area contributed by atoms with E-state index in [4.69, 9.17) is 43.6 Å². The minimum absolute atomic E-state index is 0.0671. The SMILES string of the molecule is CN(C)CCC(c1ccc(Cl)cc1)c1ccccn1.CN(C)CCC(c1ccc(Cl)cc1)c1ccccn1.O=C(O)/C=C\C(=O)O.O=C(O)c1ccccc1O. The number of hydrogen-bond acceptors (Lipinski definition) is 8. The number of halogens is 2. The summed E-state index contributed by atoms with van der Waals surface area (Å²) in [6.07, 6.45) is 6.92. The number of carboxylic acids is 3. The van der Waals surface area contributed by atoms with Crippen LogP contribution in [0.1, 0.15) is 57.6 Å². The third-order valence-corrected chi connectivity index (χ3v) is 8.37. The van der Waals surface area contributed by atoms with Crippen molar-refractivity contribution in [1.29, 1.82) is 0 Å². The van der Waals surface area contributed by atoms with E-state index in [1.165, 1.54) is 23.3 Å². The van der Waals surface area contributed by atoms with E-state index in [0.717, 1.165) is 47.4 Å². The number of hydrogen-bond donors (Lipinski definition) is 4. The van der Waals surface area contributed by atoms with Crippen LogP contribution >= 0.6 is 23.2 Å². The maximum atomic E-state index is 10.3. The Labute approximate surface area is 338 Å². The Kier molecular flexibility index (Phi) is 21.2. The summed E-state index contributed by atoms with van der Waals surface area (Å²) >= 11 is 11.9. The molecular weight excluding hydrogens is 755 g/mol. The summed E-state index contributed by atoms with van der Waals surface area (Å²) in [5, 5.41) is 34.5. The fourth-order valence-electron chi connectivity index (χ4n) is 5.10. The van der Waals surface area contributed by atoms with Gasteiger partial charge in [0.1, 0.15) is 11.3 Å². The Bertz CT molecular complexity index is 1820. The second kappa shape index (κ2) is 25.5. The third-order valence-electron chi connectivity index (χ3n) is 7.87. The van der Waals surface area contributed by atoms with Crippen molar-refractivity contribution in [2.45, 2.75) is 24.7 Å². The summed E-state index contributed by atoms with van der Waals surface area (Å²) in [5.41, 5.74) is 4.70. The number of aromatic nitrogens is 2. The second-order valence-electron chi connectivity index (χ2n) is 12.7. The fourth-order valence-corrected chi connectivity index (χ4v) is 5.35. The van der Waals surface area contributed by atoms with Crippen LogP contribution in [-0.2, 0) is 9.59 Å². The van der Waals surface area contributed by atoms with Gasteiger partial charge in [0.05, 0.1) is 0 Å². The first-order valence-corrected chi connectivity index (χ1v) is 18.2. The molecule has 0 radical (unpaired) electrons. The number of aromatic carboxylic acids is 1. The molecule has 0 amide bonds. The molecule has 0 aliphatic carbocycles. The number of aromatic hydroxyl groups is 1. The van der Waals surface area contributed by atoms with Gasteiger partial charge in [-0.1, -0.05) is 71.7 Å². The molecule has 2 aromatic heterocycles. The quantitative estimate of drug-likeness (QED) is 0.0845. The average Bonchev–Trinajstić information content (AvgIpc) is 3.17. The number of carboxylic acid groups (broad SMARTS) is 3. The van der Waals surface area contributed by atoms with Gasteiger partial charge in [-0.2, -0.15) is 0 Å². The standard InChI is InChI=1S/2C16H19ClN2.C7H6O3.C4H4O4/c2*1-19(2)12-10-15(16-5-3-4-11-18-16)13-6-8-14(17)9-7-13;8-6-4-2-1-3-5(6)7(9)10;5-3(6)1-2-4(7)8/h2*3-9,11,15H,10,12H2,1-2H3;1-4,8H,(H,9,10);1-2H,(H,5,6)(H,7,8)/b;;;2-1-. The Balaban J connectivity index is 0.000000274. The topological polar surface area (TPSA) is 164 Å². The van der Waals surface area contributed by atoms with Crippen molar-refractivity contribution >= 4 is 41.1 Å². The lowest BCUT2D eigenvalue weighted by molar-refractivity contribution is -0.134. The van der Waals surface area contributed by atoms with Crippen molar-refractivity contribution in [2.75, 3.05) is 41.3 Å². The second-order valence-corrected chi connectivity index (χ2v) is 13.6. The summed E-state index contributed by atoms with van der Waals surface area (Å²) < 4.78 is 0. The molecule has 56 heavy (non-hydrogen) atoms. The number of carbonyl (C=O) groups is 3. The van der Waals surface area contributed by atoms with Crippen LogP contribution in [0.3, 0.4) is 0 Å². The zero-order chi connectivity index (χ0) is 41.5. The maximum absolute atomic E-state index is 10.3. The number of pyridine rings is 2. The van der Waals surface area contributed by atoms with Gasteiger partial charge < -0.3 is 30.2 Å². The summed E-state index contributed by atoms with van der Waals surface area (Å²) in [4.78, 5) is 42.8. The first-order chi connectivity index (χ1) is 26.7. The molecule has 0 saturated heterocycles. The molecule has 5 aromatic rings. The van der Waals surface area contributed by atoms with Gasteiger partial charge in [0, 0.05) is 57.8 Å². The van der Waals surface area contributed by atoms with Crippen molar-refractivity contribution in [3.05, 3.63) is 172 Å². The largest absolute Gasteiger partial charge is 0.507 e. The van der Waals surface area contributed by atoms with Gasteiger partial charge in [-0.3, -0.25) is 9.97 Å². The number of para-hydroxylation sites is 1. The van der Waals surface area contributed by atoms with Gasteiger partial charge in [0.2, 0.25) is 0 Å². The summed E-state index contributed by atoms with van der Waals surface area (Å²) in [7, 11) is 8.38. The first kappa shape index (κ1) is 46.6. The highest BCUT2D eigenvalue weighted by molar-refractivity contribution is 6.30. The summed E-state index contributed by atoms with van der Waals surface area (Å²) in [6.45, 7) is 2.06. The van der Waals surface area contributed by atoms with Gasteiger partial charge in [0.15, 0.2) is 0 Å². The van der Waals surface area contributed by atoms with Crippen LogP contribution in [-0.4, -0.2) is 99.4 Å². The van der Waals surface area contributed by atoms with Crippen molar-refractivity contribution in [3.8, 4) is 5.75 Å². The van der Waals surface area contributed by atoms with E-state index in [0.29, 0.717) is 24.0 Å². The summed E-state index contributed by atoms with van der Waals surface area (Å²) in [5.74, 6) is -3.19. The Morgan fingerprint density at radius 2 is 0.964 bits per heavy atom. The van der Waals surface area contributed by atoms with Gasteiger partial charge >= 0.3 is 17.9 Å². The number of nitrogens with zero attached hydrogens (tertiary/aromatic N) is 4. The van der Waals surface area contributed by atoms with Gasteiger partial charge in [-0.15, -0.1) is 0 Å². The zero-order valence-electron chi connectivity index (χ0n) is 31.7. The number of rotatable bonds is 13. The summed E-state index contributed by atoms with van der Waals surface area (Å²) in [6, 6.07) is 34.2. The molecule has 2 atom stereocenters. The van der Waals surface area contributed by atoms with Crippen LogP contribution in [0.4, 0.5) is 0 Å². The molecule has 0 aliphatic rings. The van der Waals surface area contributed by atoms with E-state index >= 15 is 0 Å². The number of aliphatic carboxylic acids is 2. The predicted molar refractivity (Wildman–Crippen MR) is 221 cm³/mol. The molecule has 0 spiro atoms. The lowest BCUT2D eigenvalue weighted by Gasteiger charge is -2.19. The van der Waals surface area contributed by atoms with Gasteiger partial charge in [-0.25, -0.2) is 14.4 Å². The van der Waals surface area contributed by atoms with E-state index in [1.54, 1.807) is 12.1 Å². The molecule has 11 nitrogen and oxygen atoms in total. The predicted octanol–water partition coefficient (Wildman–Crippen LogP) is 8.44. The van der Waals surface area contributed by atoms with Crippen molar-refractivity contribution in [2.24, 2.45) is 0 Å². The van der Waals surface area contributed by atoms with Crippen LogP contribution in [0.25, 0.3) is 0 Å². The molecule has 2 unspecified atom stereocenters. The highest BCUT2D eigenvalue weighted by Gasteiger charge is 2.16. The molecule has 0 aliphatic heterocycles. The lowest BCUT2D eigenvalue weighted by atomic mass is 9.92. The Morgan fingerprint density at radius 1 is 0.589 bits per heavy atom. The molecule has 4 N–H and O–H groups in total. The molecule has 2 heterocycles. The molecule has 0 bridgehead atoms. The molecule has 0 fully saturated rings. The monoisotopic (exact) mass is 802 g/mol. The highest BCUT2D eigenvalue weighted by Crippen LogP contribution is 2.29. The van der Waals surface area contributed by atoms with Crippen LogP contribution in [0.15, 0.2) is 134 Å². The van der Waals surface area contributed by atoms with Crippen LogP contribution < -0.4 is 0 Å². The highest BCUT2D eigenvalue weighted by atomic mass is 35.5. The zero-order valence-corrected chi connectivity index (χ0v) is 33.3. The van der Waals surface area contributed by atoms with Crippen LogP contribution in [0.5, 0.6) is 5.75 Å². The van der Waals surface area contributed by atoms with Gasteiger partial charge in [0.25, 0.3) is 0 Å². The minimum atomic E-state index is -1.26. The van der Waals surface area contributed by atoms with E-state index in [9.17, 15) is 14.4 Å². The Morgan fingerprint density at radius 3 is 1.25 bits per heavy atom. The molecule has 296 valence electrons. The number of benzene rings is 3. The van der Waals surface area contributed by atoms with Crippen LogP contribution in [0.2, 0.25) is 10.0 Å². The molecule has 13 heteroatoms. The van der Waals surface area contributed by atoms with E-state index < -0.39 is 17.9 Å². The first-order valence-electron chi connectivity index (χ1n) is 17.4. The third kappa shape index (κ3) is 18.6. The molecule has 5 rings (SSSR count). The minimum Gasteiger partial charge on any atom is -0.507 e. The normalized spacial score (nSPS) is 11.6. The van der Waals surface area contributed by atoms with Crippen molar-refractivity contribution in [1.82, 2.24) is 19.8 Å². The smallest absolute Gasteiger partial charge is 0.339 e. The van der Waals surface area contributed by atoms with Crippen LogP contribution in [0, 0.1) is 0 Å². The lowest BCUT2D eigenvalue weighted by Crippen LogP contribution is -2.17.